The minimum atomic E-state index is -0.319. The van der Waals surface area contributed by atoms with Gasteiger partial charge in [0, 0.05) is 12.2 Å². The number of esters is 1. The van der Waals surface area contributed by atoms with Crippen LogP contribution >= 0.6 is 0 Å². The summed E-state index contributed by atoms with van der Waals surface area (Å²) < 4.78 is 5.16. The van der Waals surface area contributed by atoms with Gasteiger partial charge in [-0.05, 0) is 36.2 Å². The molecule has 0 fully saturated rings. The third kappa shape index (κ3) is 6.67. The van der Waals surface area contributed by atoms with Crippen LogP contribution in [0.3, 0.4) is 0 Å². The summed E-state index contributed by atoms with van der Waals surface area (Å²) >= 11 is 0. The molecule has 132 valence electrons. The summed E-state index contributed by atoms with van der Waals surface area (Å²) in [5, 5.41) is 5.89. The number of anilines is 1. The van der Waals surface area contributed by atoms with Crippen LogP contribution in [0.25, 0.3) is 0 Å². The smallest absolute Gasteiger partial charge is 0.338 e. The van der Waals surface area contributed by atoms with Crippen molar-refractivity contribution in [3.05, 3.63) is 65.7 Å². The van der Waals surface area contributed by atoms with E-state index in [9.17, 15) is 9.59 Å². The van der Waals surface area contributed by atoms with Gasteiger partial charge in [0.2, 0.25) is 5.91 Å². The molecule has 1 amide bonds. The Hall–Kier alpha value is -2.82. The second-order valence-corrected chi connectivity index (χ2v) is 5.68. The van der Waals surface area contributed by atoms with Gasteiger partial charge in [-0.25, -0.2) is 4.79 Å². The van der Waals surface area contributed by atoms with E-state index in [-0.39, 0.29) is 18.4 Å². The van der Waals surface area contributed by atoms with E-state index < -0.39 is 0 Å². The van der Waals surface area contributed by atoms with Crippen molar-refractivity contribution in [2.75, 3.05) is 18.5 Å². The molecule has 0 atom stereocenters. The van der Waals surface area contributed by atoms with Gasteiger partial charge >= 0.3 is 5.97 Å². The molecular formula is C20H24N2O3. The van der Waals surface area contributed by atoms with Gasteiger partial charge in [0.05, 0.1) is 18.7 Å². The molecule has 0 aliphatic heterocycles. The highest BCUT2D eigenvalue weighted by atomic mass is 16.5. The van der Waals surface area contributed by atoms with Crippen molar-refractivity contribution in [1.82, 2.24) is 5.32 Å². The van der Waals surface area contributed by atoms with Crippen molar-refractivity contribution in [2.45, 2.75) is 26.3 Å². The molecule has 2 aromatic rings. The topological polar surface area (TPSA) is 67.4 Å². The molecule has 2 aromatic carbocycles. The van der Waals surface area contributed by atoms with Crippen molar-refractivity contribution in [2.24, 2.45) is 0 Å². The first-order chi connectivity index (χ1) is 12.2. The van der Waals surface area contributed by atoms with Crippen LogP contribution in [0.1, 0.15) is 35.7 Å². The number of carbonyl (C=O) groups is 2. The van der Waals surface area contributed by atoms with E-state index >= 15 is 0 Å². The Kier molecular flexibility index (Phi) is 7.50. The Balaban J connectivity index is 1.73. The highest BCUT2D eigenvalue weighted by Crippen LogP contribution is 2.10. The molecule has 2 rings (SSSR count). The van der Waals surface area contributed by atoms with Crippen molar-refractivity contribution in [3.8, 4) is 0 Å². The van der Waals surface area contributed by atoms with E-state index in [1.54, 1.807) is 24.3 Å². The fraction of sp³-hybridized carbons (Fsp3) is 0.300. The molecule has 0 spiro atoms. The minimum Gasteiger partial charge on any atom is -0.462 e. The predicted octanol–water partition coefficient (Wildman–Crippen LogP) is 3.37. The largest absolute Gasteiger partial charge is 0.462 e. The summed E-state index contributed by atoms with van der Waals surface area (Å²) in [6.07, 6.45) is 1.85. The van der Waals surface area contributed by atoms with Crippen LogP contribution in [-0.2, 0) is 16.1 Å². The second-order valence-electron chi connectivity index (χ2n) is 5.68. The van der Waals surface area contributed by atoms with Gasteiger partial charge in [-0.3, -0.25) is 4.79 Å². The zero-order valence-corrected chi connectivity index (χ0v) is 14.5. The van der Waals surface area contributed by atoms with E-state index in [1.165, 1.54) is 0 Å². The van der Waals surface area contributed by atoms with Gasteiger partial charge in [-0.1, -0.05) is 43.7 Å². The van der Waals surface area contributed by atoms with Crippen LogP contribution in [0.2, 0.25) is 0 Å². The maximum Gasteiger partial charge on any atom is 0.338 e. The van der Waals surface area contributed by atoms with Crippen molar-refractivity contribution in [3.63, 3.8) is 0 Å². The molecule has 0 unspecified atom stereocenters. The number of amides is 1. The summed E-state index contributed by atoms with van der Waals surface area (Å²) in [4.78, 5) is 23.7. The summed E-state index contributed by atoms with van der Waals surface area (Å²) in [7, 11) is 0. The Morgan fingerprint density at radius 1 is 1.00 bits per heavy atom. The molecule has 0 heterocycles. The first-order valence-corrected chi connectivity index (χ1v) is 8.50. The number of hydrogen-bond donors (Lipinski definition) is 2. The second kappa shape index (κ2) is 10.1. The number of nitrogens with one attached hydrogen (secondary N) is 2. The van der Waals surface area contributed by atoms with Crippen LogP contribution in [0.4, 0.5) is 5.69 Å². The van der Waals surface area contributed by atoms with Crippen molar-refractivity contribution < 1.29 is 14.3 Å². The molecule has 0 saturated heterocycles. The molecule has 0 bridgehead atoms. The van der Waals surface area contributed by atoms with Crippen LogP contribution in [0, 0.1) is 0 Å². The third-order valence-corrected chi connectivity index (χ3v) is 3.64. The lowest BCUT2D eigenvalue weighted by Gasteiger charge is -2.09. The number of rotatable bonds is 9. The standard InChI is InChI=1S/C20H24N2O3/c1-2-3-13-25-20(24)17-9-11-18(12-10-17)21-15-19(23)22-14-16-7-5-4-6-8-16/h4-12,21H,2-3,13-15H2,1H3,(H,22,23). The Bertz CT molecular complexity index is 669. The monoisotopic (exact) mass is 340 g/mol. The molecular weight excluding hydrogens is 316 g/mol. The quantitative estimate of drug-likeness (QED) is 0.542. The van der Waals surface area contributed by atoms with Crippen molar-refractivity contribution in [1.29, 1.82) is 0 Å². The Labute approximate surface area is 148 Å². The lowest BCUT2D eigenvalue weighted by Crippen LogP contribution is -2.29. The molecule has 2 N–H and O–H groups in total. The number of ether oxygens (including phenoxy) is 1. The fourth-order valence-electron chi connectivity index (χ4n) is 2.16. The number of hydrogen-bond acceptors (Lipinski definition) is 4. The first kappa shape index (κ1) is 18.5. The van der Waals surface area contributed by atoms with Crippen LogP contribution in [-0.4, -0.2) is 25.0 Å². The van der Waals surface area contributed by atoms with Gasteiger partial charge in [-0.2, -0.15) is 0 Å². The molecule has 0 saturated carbocycles. The van der Waals surface area contributed by atoms with E-state index in [0.29, 0.717) is 18.7 Å². The molecule has 25 heavy (non-hydrogen) atoms. The zero-order chi connectivity index (χ0) is 17.9. The number of benzene rings is 2. The molecule has 0 aliphatic rings. The lowest BCUT2D eigenvalue weighted by molar-refractivity contribution is -0.119. The zero-order valence-electron chi connectivity index (χ0n) is 14.5. The summed E-state index contributed by atoms with van der Waals surface area (Å²) in [6, 6.07) is 16.7. The molecule has 0 aliphatic carbocycles. The van der Waals surface area contributed by atoms with E-state index in [1.807, 2.05) is 37.3 Å². The molecule has 5 heteroatoms. The normalized spacial score (nSPS) is 10.1. The highest BCUT2D eigenvalue weighted by Gasteiger charge is 2.07. The lowest BCUT2D eigenvalue weighted by atomic mass is 10.2. The number of carbonyl (C=O) groups excluding carboxylic acids is 2. The highest BCUT2D eigenvalue weighted by molar-refractivity contribution is 5.90. The van der Waals surface area contributed by atoms with Gasteiger partial charge in [0.15, 0.2) is 0 Å². The van der Waals surface area contributed by atoms with Gasteiger partial charge in [-0.15, -0.1) is 0 Å². The van der Waals surface area contributed by atoms with Crippen molar-refractivity contribution >= 4 is 17.6 Å². The summed E-state index contributed by atoms with van der Waals surface area (Å²) in [5.41, 5.74) is 2.34. The Morgan fingerprint density at radius 2 is 1.72 bits per heavy atom. The number of unbranched alkanes of at least 4 members (excludes halogenated alkanes) is 1. The van der Waals surface area contributed by atoms with Crippen LogP contribution < -0.4 is 10.6 Å². The molecule has 0 radical (unpaired) electrons. The Morgan fingerprint density at radius 3 is 2.40 bits per heavy atom. The van der Waals surface area contributed by atoms with Crippen LogP contribution in [0.5, 0.6) is 0 Å². The average Bonchev–Trinajstić information content (AvgIpc) is 2.66. The van der Waals surface area contributed by atoms with Gasteiger partial charge < -0.3 is 15.4 Å². The minimum absolute atomic E-state index is 0.0908. The van der Waals surface area contributed by atoms with E-state index in [2.05, 4.69) is 10.6 Å². The predicted molar refractivity (Wildman–Crippen MR) is 98.4 cm³/mol. The maximum absolute atomic E-state index is 11.9. The molecule has 5 nitrogen and oxygen atoms in total. The first-order valence-electron chi connectivity index (χ1n) is 8.50. The summed E-state index contributed by atoms with van der Waals surface area (Å²) in [5.74, 6) is -0.410. The molecule has 0 aromatic heterocycles. The fourth-order valence-corrected chi connectivity index (χ4v) is 2.16. The van der Waals surface area contributed by atoms with Crippen LogP contribution in [0.15, 0.2) is 54.6 Å². The van der Waals surface area contributed by atoms with Gasteiger partial charge in [0.25, 0.3) is 0 Å². The third-order valence-electron chi connectivity index (χ3n) is 3.64. The SMILES string of the molecule is CCCCOC(=O)c1ccc(NCC(=O)NCc2ccccc2)cc1. The maximum atomic E-state index is 11.9. The summed E-state index contributed by atoms with van der Waals surface area (Å²) in [6.45, 7) is 3.16. The van der Waals surface area contributed by atoms with E-state index in [0.717, 1.165) is 24.1 Å². The average molecular weight is 340 g/mol. The van der Waals surface area contributed by atoms with Gasteiger partial charge in [0.1, 0.15) is 0 Å². The van der Waals surface area contributed by atoms with E-state index in [4.69, 9.17) is 4.74 Å².